The summed E-state index contributed by atoms with van der Waals surface area (Å²) in [6.07, 6.45) is 2.23. The van der Waals surface area contributed by atoms with E-state index in [1.54, 1.807) is 7.11 Å². The number of nitrogens with zero attached hydrogens (tertiary/aromatic N) is 1. The SMILES string of the molecule is COc1ccc(-c2ccccc2/C=C2\SC(=S)N(CCCC(=O)O)C2=O)cc1. The van der Waals surface area contributed by atoms with E-state index in [0.717, 1.165) is 22.4 Å². The molecule has 0 aromatic heterocycles. The zero-order valence-corrected chi connectivity index (χ0v) is 16.9. The first-order chi connectivity index (χ1) is 13.5. The number of hydrogen-bond acceptors (Lipinski definition) is 5. The number of carboxylic acids is 1. The molecule has 28 heavy (non-hydrogen) atoms. The van der Waals surface area contributed by atoms with Gasteiger partial charge < -0.3 is 9.84 Å². The molecule has 0 saturated carbocycles. The van der Waals surface area contributed by atoms with Crippen LogP contribution in [0.25, 0.3) is 17.2 Å². The first kappa shape index (κ1) is 20.1. The maximum absolute atomic E-state index is 12.7. The molecule has 3 rings (SSSR count). The van der Waals surface area contributed by atoms with Gasteiger partial charge in [0, 0.05) is 13.0 Å². The molecule has 0 bridgehead atoms. The van der Waals surface area contributed by atoms with Crippen LogP contribution >= 0.6 is 24.0 Å². The number of amides is 1. The van der Waals surface area contributed by atoms with E-state index in [0.29, 0.717) is 22.2 Å². The van der Waals surface area contributed by atoms with E-state index in [9.17, 15) is 9.59 Å². The van der Waals surface area contributed by atoms with Crippen LogP contribution in [0.4, 0.5) is 0 Å². The van der Waals surface area contributed by atoms with Gasteiger partial charge in [-0.15, -0.1) is 0 Å². The quantitative estimate of drug-likeness (QED) is 0.535. The van der Waals surface area contributed by atoms with Crippen molar-refractivity contribution < 1.29 is 19.4 Å². The highest BCUT2D eigenvalue weighted by molar-refractivity contribution is 8.26. The molecule has 0 aliphatic carbocycles. The molecule has 1 aliphatic heterocycles. The molecule has 0 unspecified atom stereocenters. The number of thiocarbonyl (C=S) groups is 1. The number of carbonyl (C=O) groups is 2. The molecule has 1 amide bonds. The van der Waals surface area contributed by atoms with Crippen LogP contribution in [-0.2, 0) is 9.59 Å². The van der Waals surface area contributed by atoms with Crippen molar-refractivity contribution in [2.45, 2.75) is 12.8 Å². The monoisotopic (exact) mass is 413 g/mol. The molecule has 0 spiro atoms. The Morgan fingerprint density at radius 1 is 1.21 bits per heavy atom. The molecule has 1 heterocycles. The fraction of sp³-hybridized carbons (Fsp3) is 0.190. The summed E-state index contributed by atoms with van der Waals surface area (Å²) >= 11 is 6.56. The van der Waals surface area contributed by atoms with Crippen molar-refractivity contribution in [2.24, 2.45) is 0 Å². The topological polar surface area (TPSA) is 66.8 Å². The Morgan fingerprint density at radius 2 is 1.93 bits per heavy atom. The second kappa shape index (κ2) is 9.03. The molecule has 7 heteroatoms. The van der Waals surface area contributed by atoms with Crippen molar-refractivity contribution in [1.82, 2.24) is 4.90 Å². The zero-order chi connectivity index (χ0) is 20.1. The normalized spacial score (nSPS) is 15.3. The lowest BCUT2D eigenvalue weighted by Crippen LogP contribution is -2.29. The lowest BCUT2D eigenvalue weighted by atomic mass is 9.99. The van der Waals surface area contributed by atoms with Crippen molar-refractivity contribution in [3.05, 3.63) is 59.0 Å². The van der Waals surface area contributed by atoms with E-state index < -0.39 is 5.97 Å². The second-order valence-corrected chi connectivity index (χ2v) is 7.82. The highest BCUT2D eigenvalue weighted by atomic mass is 32.2. The zero-order valence-electron chi connectivity index (χ0n) is 15.3. The first-order valence-electron chi connectivity index (χ1n) is 8.70. The molecule has 1 aliphatic rings. The minimum atomic E-state index is -0.880. The highest BCUT2D eigenvalue weighted by Gasteiger charge is 2.31. The fourth-order valence-electron chi connectivity index (χ4n) is 2.88. The standard InChI is InChI=1S/C21H19NO4S2/c1-26-16-10-8-14(9-11-16)17-6-3-2-5-15(17)13-18-20(25)22(21(27)28-18)12-4-7-19(23)24/h2-3,5-6,8-11,13H,4,7,12H2,1H3,(H,23,24)/b18-13-. The van der Waals surface area contributed by atoms with Gasteiger partial charge in [-0.1, -0.05) is 60.4 Å². The average Bonchev–Trinajstić information content (AvgIpc) is 2.95. The van der Waals surface area contributed by atoms with Gasteiger partial charge in [0.1, 0.15) is 10.1 Å². The molecule has 144 valence electrons. The van der Waals surface area contributed by atoms with Crippen LogP contribution in [0.2, 0.25) is 0 Å². The van der Waals surface area contributed by atoms with Crippen LogP contribution in [0.15, 0.2) is 53.4 Å². The Hall–Kier alpha value is -2.64. The second-order valence-electron chi connectivity index (χ2n) is 6.15. The Morgan fingerprint density at radius 3 is 2.61 bits per heavy atom. The van der Waals surface area contributed by atoms with Crippen LogP contribution in [-0.4, -0.2) is 39.9 Å². The van der Waals surface area contributed by atoms with Crippen LogP contribution < -0.4 is 4.74 Å². The smallest absolute Gasteiger partial charge is 0.303 e. The summed E-state index contributed by atoms with van der Waals surface area (Å²) in [7, 11) is 1.63. The number of benzene rings is 2. The number of aliphatic carboxylic acids is 1. The molecule has 0 atom stereocenters. The Labute approximate surface area is 173 Å². The van der Waals surface area contributed by atoms with Gasteiger partial charge in [-0.05, 0) is 41.3 Å². The molecule has 2 aromatic rings. The van der Waals surface area contributed by atoms with Crippen molar-refractivity contribution in [1.29, 1.82) is 0 Å². The largest absolute Gasteiger partial charge is 0.497 e. The summed E-state index contributed by atoms with van der Waals surface area (Å²) in [6.45, 7) is 0.314. The summed E-state index contributed by atoms with van der Waals surface area (Å²) in [5, 5.41) is 8.78. The maximum Gasteiger partial charge on any atom is 0.303 e. The number of thioether (sulfide) groups is 1. The summed E-state index contributed by atoms with van der Waals surface area (Å²) in [6, 6.07) is 15.6. The Balaban J connectivity index is 1.84. The fourth-order valence-corrected chi connectivity index (χ4v) is 4.18. The molecule has 5 nitrogen and oxygen atoms in total. The molecular weight excluding hydrogens is 394 g/mol. The summed E-state index contributed by atoms with van der Waals surface area (Å²) < 4.78 is 5.67. The van der Waals surface area contributed by atoms with Crippen LogP contribution in [0.5, 0.6) is 5.75 Å². The van der Waals surface area contributed by atoms with Gasteiger partial charge in [0.05, 0.1) is 12.0 Å². The third kappa shape index (κ3) is 4.61. The minimum Gasteiger partial charge on any atom is -0.497 e. The predicted molar refractivity (Wildman–Crippen MR) is 115 cm³/mol. The number of rotatable bonds is 7. The molecule has 2 aromatic carbocycles. The van der Waals surface area contributed by atoms with Gasteiger partial charge in [-0.25, -0.2) is 0 Å². The lowest BCUT2D eigenvalue weighted by Gasteiger charge is -2.13. The van der Waals surface area contributed by atoms with E-state index in [4.69, 9.17) is 22.1 Å². The van der Waals surface area contributed by atoms with Crippen LogP contribution in [0.1, 0.15) is 18.4 Å². The van der Waals surface area contributed by atoms with Gasteiger partial charge in [-0.2, -0.15) is 0 Å². The van der Waals surface area contributed by atoms with Gasteiger partial charge in [0.15, 0.2) is 0 Å². The average molecular weight is 414 g/mol. The summed E-state index contributed by atoms with van der Waals surface area (Å²) in [5.74, 6) is -0.275. The van der Waals surface area contributed by atoms with Gasteiger partial charge in [0.25, 0.3) is 5.91 Å². The maximum atomic E-state index is 12.7. The molecular formula is C21H19NO4S2. The van der Waals surface area contributed by atoms with Crippen molar-refractivity contribution >= 4 is 46.3 Å². The first-order valence-corrected chi connectivity index (χ1v) is 9.92. The molecule has 1 fully saturated rings. The Kier molecular flexibility index (Phi) is 6.49. The molecule has 1 saturated heterocycles. The number of carbonyl (C=O) groups excluding carboxylic acids is 1. The van der Waals surface area contributed by atoms with E-state index in [1.807, 2.05) is 54.6 Å². The number of hydrogen-bond donors (Lipinski definition) is 1. The molecule has 1 N–H and O–H groups in total. The van der Waals surface area contributed by atoms with E-state index >= 15 is 0 Å². The third-order valence-electron chi connectivity index (χ3n) is 4.29. The van der Waals surface area contributed by atoms with Gasteiger partial charge in [0.2, 0.25) is 0 Å². The lowest BCUT2D eigenvalue weighted by molar-refractivity contribution is -0.137. The highest BCUT2D eigenvalue weighted by Crippen LogP contribution is 2.35. The number of methoxy groups -OCH3 is 1. The van der Waals surface area contributed by atoms with E-state index in [2.05, 4.69) is 0 Å². The number of ether oxygens (including phenoxy) is 1. The van der Waals surface area contributed by atoms with E-state index in [-0.39, 0.29) is 12.3 Å². The summed E-state index contributed by atoms with van der Waals surface area (Å²) in [4.78, 5) is 25.4. The molecule has 0 radical (unpaired) electrons. The number of carboxylic acid groups (broad SMARTS) is 1. The van der Waals surface area contributed by atoms with E-state index in [1.165, 1.54) is 16.7 Å². The van der Waals surface area contributed by atoms with Crippen molar-refractivity contribution in [2.75, 3.05) is 13.7 Å². The van der Waals surface area contributed by atoms with Crippen molar-refractivity contribution in [3.8, 4) is 16.9 Å². The van der Waals surface area contributed by atoms with Crippen LogP contribution in [0.3, 0.4) is 0 Å². The van der Waals surface area contributed by atoms with Crippen molar-refractivity contribution in [3.63, 3.8) is 0 Å². The predicted octanol–water partition coefficient (Wildman–Crippen LogP) is 4.43. The van der Waals surface area contributed by atoms with Gasteiger partial charge in [-0.3, -0.25) is 14.5 Å². The summed E-state index contributed by atoms with van der Waals surface area (Å²) in [5.41, 5.74) is 2.93. The Bertz CT molecular complexity index is 938. The van der Waals surface area contributed by atoms with Crippen LogP contribution in [0, 0.1) is 0 Å². The minimum absolute atomic E-state index is 0.0103. The third-order valence-corrected chi connectivity index (χ3v) is 5.67. The van der Waals surface area contributed by atoms with Gasteiger partial charge >= 0.3 is 5.97 Å².